The van der Waals surface area contributed by atoms with Crippen molar-refractivity contribution in [3.63, 3.8) is 0 Å². The van der Waals surface area contributed by atoms with Crippen LogP contribution in [-0.4, -0.2) is 18.6 Å². The highest BCUT2D eigenvalue weighted by molar-refractivity contribution is 5.83. The van der Waals surface area contributed by atoms with Gasteiger partial charge in [-0.15, -0.1) is 0 Å². The molecule has 0 unspecified atom stereocenters. The largest absolute Gasteiger partial charge is 0.497 e. The molecule has 1 aromatic heterocycles. The fraction of sp³-hybridized carbons (Fsp3) is 0.263. The molecule has 0 fully saturated rings. The lowest BCUT2D eigenvalue weighted by atomic mass is 9.90. The molecule has 2 heterocycles. The molecule has 1 aliphatic rings. The van der Waals surface area contributed by atoms with Gasteiger partial charge in [-0.1, -0.05) is 24.3 Å². The lowest BCUT2D eigenvalue weighted by Crippen LogP contribution is -2.31. The minimum absolute atomic E-state index is 0.369. The molecule has 0 saturated carbocycles. The van der Waals surface area contributed by atoms with E-state index in [1.165, 1.54) is 27.6 Å². The van der Waals surface area contributed by atoms with Crippen LogP contribution in [-0.2, 0) is 12.8 Å². The number of hydrogen-bond donors (Lipinski definition) is 2. The zero-order valence-electron chi connectivity index (χ0n) is 12.7. The number of aromatic amines is 1. The van der Waals surface area contributed by atoms with Crippen LogP contribution in [0.25, 0.3) is 10.9 Å². The fourth-order valence-corrected chi connectivity index (χ4v) is 3.46. The number of methoxy groups -OCH3 is 1. The number of H-pyrrole nitrogens is 1. The van der Waals surface area contributed by atoms with Gasteiger partial charge >= 0.3 is 0 Å². The van der Waals surface area contributed by atoms with Crippen molar-refractivity contribution in [1.29, 1.82) is 0 Å². The summed E-state index contributed by atoms with van der Waals surface area (Å²) in [6.07, 6.45) is 4.21. The van der Waals surface area contributed by atoms with E-state index in [-0.39, 0.29) is 0 Å². The van der Waals surface area contributed by atoms with Crippen molar-refractivity contribution in [2.75, 3.05) is 13.7 Å². The fourth-order valence-electron chi connectivity index (χ4n) is 3.46. The lowest BCUT2D eigenvalue weighted by Gasteiger charge is -2.27. The summed E-state index contributed by atoms with van der Waals surface area (Å²) < 4.78 is 5.35. The second-order valence-electron chi connectivity index (χ2n) is 5.89. The average Bonchev–Trinajstić information content (AvgIpc) is 2.98. The Morgan fingerprint density at radius 2 is 2.09 bits per heavy atom. The summed E-state index contributed by atoms with van der Waals surface area (Å²) in [6, 6.07) is 15.3. The van der Waals surface area contributed by atoms with Crippen LogP contribution in [0.5, 0.6) is 5.75 Å². The highest BCUT2D eigenvalue weighted by Gasteiger charge is 2.21. The first-order valence-corrected chi connectivity index (χ1v) is 7.80. The van der Waals surface area contributed by atoms with E-state index in [4.69, 9.17) is 4.74 Å². The summed E-state index contributed by atoms with van der Waals surface area (Å²) >= 11 is 0. The number of rotatable bonds is 3. The number of nitrogens with one attached hydrogen (secondary N) is 2. The van der Waals surface area contributed by atoms with Crippen LogP contribution < -0.4 is 10.1 Å². The van der Waals surface area contributed by atoms with Crippen molar-refractivity contribution in [2.24, 2.45) is 0 Å². The molecule has 3 aromatic rings. The van der Waals surface area contributed by atoms with Crippen LogP contribution >= 0.6 is 0 Å². The molecule has 0 bridgehead atoms. The summed E-state index contributed by atoms with van der Waals surface area (Å²) in [6.45, 7) is 1.02. The molecule has 22 heavy (non-hydrogen) atoms. The molecule has 0 aliphatic carbocycles. The molecular weight excluding hydrogens is 272 g/mol. The summed E-state index contributed by atoms with van der Waals surface area (Å²) in [5.74, 6) is 0.950. The Kier molecular flexibility index (Phi) is 3.35. The number of fused-ring (bicyclic) bond motifs is 2. The molecule has 4 rings (SSSR count). The maximum Gasteiger partial charge on any atom is 0.119 e. The maximum absolute atomic E-state index is 5.35. The number of ether oxygens (including phenoxy) is 1. The topological polar surface area (TPSA) is 37.0 Å². The van der Waals surface area contributed by atoms with Gasteiger partial charge in [-0.05, 0) is 54.3 Å². The molecular formula is C19H20N2O. The molecule has 0 radical (unpaired) electrons. The van der Waals surface area contributed by atoms with Gasteiger partial charge in [-0.2, -0.15) is 0 Å². The van der Waals surface area contributed by atoms with E-state index in [0.717, 1.165) is 25.1 Å². The van der Waals surface area contributed by atoms with E-state index < -0.39 is 0 Å². The maximum atomic E-state index is 5.35. The Labute approximate surface area is 130 Å². The van der Waals surface area contributed by atoms with Crippen LogP contribution in [0.1, 0.15) is 22.7 Å². The molecule has 3 nitrogen and oxygen atoms in total. The van der Waals surface area contributed by atoms with Gasteiger partial charge in [0.15, 0.2) is 0 Å². The normalized spacial score (nSPS) is 17.4. The Hall–Kier alpha value is -2.26. The lowest BCUT2D eigenvalue weighted by molar-refractivity contribution is 0.412. The van der Waals surface area contributed by atoms with Crippen LogP contribution in [0.2, 0.25) is 0 Å². The predicted molar refractivity (Wildman–Crippen MR) is 89.4 cm³/mol. The van der Waals surface area contributed by atoms with Gasteiger partial charge in [0.1, 0.15) is 5.75 Å². The SMILES string of the molecule is COc1ccc2c(c1)CCN[C@@H]2Cc1c[nH]c2ccccc12. The molecule has 2 aromatic carbocycles. The van der Waals surface area contributed by atoms with Gasteiger partial charge in [0.2, 0.25) is 0 Å². The molecule has 112 valence electrons. The van der Waals surface area contributed by atoms with Crippen LogP contribution in [0.15, 0.2) is 48.7 Å². The number of para-hydroxylation sites is 1. The van der Waals surface area contributed by atoms with E-state index in [1.54, 1.807) is 7.11 Å². The zero-order chi connectivity index (χ0) is 14.9. The van der Waals surface area contributed by atoms with Gasteiger partial charge in [-0.3, -0.25) is 0 Å². The molecule has 0 saturated heterocycles. The minimum Gasteiger partial charge on any atom is -0.497 e. The van der Waals surface area contributed by atoms with E-state index in [9.17, 15) is 0 Å². The second-order valence-corrected chi connectivity index (χ2v) is 5.89. The number of benzene rings is 2. The highest BCUT2D eigenvalue weighted by atomic mass is 16.5. The smallest absolute Gasteiger partial charge is 0.119 e. The standard InChI is InChI=1S/C19H20N2O/c1-22-15-6-7-17-13(10-15)8-9-20-19(17)11-14-12-21-18-5-3-2-4-16(14)18/h2-7,10,12,19-21H,8-9,11H2,1H3/t19-/m1/s1. The first kappa shape index (κ1) is 13.4. The Bertz CT molecular complexity index is 806. The first-order chi connectivity index (χ1) is 10.8. The van der Waals surface area contributed by atoms with Gasteiger partial charge in [0.25, 0.3) is 0 Å². The van der Waals surface area contributed by atoms with Gasteiger partial charge < -0.3 is 15.0 Å². The van der Waals surface area contributed by atoms with E-state index in [2.05, 4.69) is 59.0 Å². The molecule has 1 atom stereocenters. The molecule has 2 N–H and O–H groups in total. The minimum atomic E-state index is 0.369. The van der Waals surface area contributed by atoms with E-state index in [1.807, 2.05) is 0 Å². The average molecular weight is 292 g/mol. The van der Waals surface area contributed by atoms with Gasteiger partial charge in [0.05, 0.1) is 7.11 Å². The van der Waals surface area contributed by atoms with Crippen molar-refractivity contribution < 1.29 is 4.74 Å². The first-order valence-electron chi connectivity index (χ1n) is 7.80. The highest BCUT2D eigenvalue weighted by Crippen LogP contribution is 2.30. The molecule has 0 spiro atoms. The van der Waals surface area contributed by atoms with E-state index >= 15 is 0 Å². The third-order valence-electron chi connectivity index (χ3n) is 4.61. The van der Waals surface area contributed by atoms with Crippen LogP contribution in [0, 0.1) is 0 Å². The van der Waals surface area contributed by atoms with Crippen molar-refractivity contribution in [2.45, 2.75) is 18.9 Å². The summed E-state index contributed by atoms with van der Waals surface area (Å²) in [5, 5.41) is 4.99. The van der Waals surface area contributed by atoms with Crippen molar-refractivity contribution in [3.8, 4) is 5.75 Å². The van der Waals surface area contributed by atoms with Crippen molar-refractivity contribution in [3.05, 3.63) is 65.4 Å². The van der Waals surface area contributed by atoms with Crippen molar-refractivity contribution in [1.82, 2.24) is 10.3 Å². The Morgan fingerprint density at radius 1 is 1.18 bits per heavy atom. The van der Waals surface area contributed by atoms with Gasteiger partial charge in [0, 0.05) is 23.1 Å². The van der Waals surface area contributed by atoms with Crippen LogP contribution in [0.3, 0.4) is 0 Å². The number of aromatic nitrogens is 1. The quantitative estimate of drug-likeness (QED) is 0.774. The summed E-state index contributed by atoms with van der Waals surface area (Å²) in [5.41, 5.74) is 5.39. The molecule has 3 heteroatoms. The Balaban J connectivity index is 1.67. The molecule has 1 aliphatic heterocycles. The molecule has 0 amide bonds. The van der Waals surface area contributed by atoms with Crippen LogP contribution in [0.4, 0.5) is 0 Å². The third kappa shape index (κ3) is 2.28. The summed E-state index contributed by atoms with van der Waals surface area (Å²) in [4.78, 5) is 3.37. The van der Waals surface area contributed by atoms with Gasteiger partial charge in [-0.25, -0.2) is 0 Å². The predicted octanol–water partition coefficient (Wildman–Crippen LogP) is 3.61. The van der Waals surface area contributed by atoms with E-state index in [0.29, 0.717) is 6.04 Å². The Morgan fingerprint density at radius 3 is 3.00 bits per heavy atom. The van der Waals surface area contributed by atoms with Crippen molar-refractivity contribution >= 4 is 10.9 Å². The number of hydrogen-bond acceptors (Lipinski definition) is 2. The third-order valence-corrected chi connectivity index (χ3v) is 4.61. The summed E-state index contributed by atoms with van der Waals surface area (Å²) in [7, 11) is 1.73. The second kappa shape index (κ2) is 5.50. The zero-order valence-corrected chi connectivity index (χ0v) is 12.7. The monoisotopic (exact) mass is 292 g/mol.